The highest BCUT2D eigenvalue weighted by Crippen LogP contribution is 2.35. The lowest BCUT2D eigenvalue weighted by molar-refractivity contribution is -0.150. The van der Waals surface area contributed by atoms with Crippen LogP contribution in [0.15, 0.2) is 0 Å². The van der Waals surface area contributed by atoms with Crippen LogP contribution in [0.4, 0.5) is 0 Å². The normalized spacial score (nSPS) is 12.4. The molecule has 9 nitrogen and oxygen atoms in total. The molecule has 0 bridgehead atoms. The van der Waals surface area contributed by atoms with Crippen LogP contribution < -0.4 is 5.32 Å². The molecule has 0 aromatic rings. The summed E-state index contributed by atoms with van der Waals surface area (Å²) in [6.45, 7) is 4.02. The first-order chi connectivity index (χ1) is 19.9. The summed E-state index contributed by atoms with van der Waals surface area (Å²) in [5.74, 6) is -0.339. The largest absolute Gasteiger partial charge is 0.469 e. The molecule has 1 atom stereocenters. The number of unbranched alkanes of at least 4 members (excludes halogenated alkanes) is 20. The molecule has 0 aliphatic rings. The molecule has 0 aromatic carbocycles. The maximum atomic E-state index is 12.3. The fourth-order valence-electron chi connectivity index (χ4n) is 4.83. The molecule has 0 radical (unpaired) electrons. The molecule has 0 fully saturated rings. The van der Waals surface area contributed by atoms with Crippen LogP contribution in [0.3, 0.4) is 0 Å². The number of carbonyl (C=O) groups excluding carboxylic acids is 2. The maximum Gasteiger partial charge on any atom is 0.469 e. The van der Waals surface area contributed by atoms with E-state index in [-0.39, 0.29) is 12.6 Å². The van der Waals surface area contributed by atoms with Crippen molar-refractivity contribution >= 4 is 20.3 Å². The Bertz CT molecular complexity index is 631. The Hall–Kier alpha value is -0.990. The Balaban J connectivity index is 3.82. The first kappa shape index (κ1) is 40.0. The van der Waals surface area contributed by atoms with Crippen molar-refractivity contribution in [1.29, 1.82) is 0 Å². The summed E-state index contributed by atoms with van der Waals surface area (Å²) in [7, 11) is -4.62. The van der Waals surface area contributed by atoms with Gasteiger partial charge in [0.25, 0.3) is 6.47 Å². The molecule has 41 heavy (non-hydrogen) atoms. The second kappa shape index (κ2) is 30.5. The minimum absolute atomic E-state index is 0.311. The molecular formula is C31H62NO8P. The Morgan fingerprint density at radius 1 is 0.732 bits per heavy atom. The number of hydrogen-bond donors (Lipinski definition) is 3. The zero-order valence-electron chi connectivity index (χ0n) is 26.0. The zero-order chi connectivity index (χ0) is 30.3. The van der Waals surface area contributed by atoms with Gasteiger partial charge in [0.15, 0.2) is 0 Å². The summed E-state index contributed by atoms with van der Waals surface area (Å²) in [5.41, 5.74) is 0. The maximum absolute atomic E-state index is 12.3. The van der Waals surface area contributed by atoms with Crippen molar-refractivity contribution in [2.75, 3.05) is 26.3 Å². The quantitative estimate of drug-likeness (QED) is 0.0296. The SMILES string of the molecule is CCCCCCCCCCCCCC(=O)O[C@@H](CNCCCCCCCCCCCCCOC=O)COP(=O)(O)O. The third kappa shape index (κ3) is 33.4. The molecule has 0 aliphatic heterocycles. The van der Waals surface area contributed by atoms with Crippen LogP contribution in [0.1, 0.15) is 155 Å². The van der Waals surface area contributed by atoms with Gasteiger partial charge in [0.05, 0.1) is 13.2 Å². The summed E-state index contributed by atoms with van der Waals surface area (Å²) in [6.07, 6.45) is 25.7. The molecule has 10 heteroatoms. The number of phosphoric acid groups is 1. The first-order valence-corrected chi connectivity index (χ1v) is 18.1. The van der Waals surface area contributed by atoms with Crippen molar-refractivity contribution in [2.24, 2.45) is 0 Å². The second-order valence-corrected chi connectivity index (χ2v) is 12.5. The van der Waals surface area contributed by atoms with Crippen molar-refractivity contribution in [3.63, 3.8) is 0 Å². The van der Waals surface area contributed by atoms with Crippen molar-refractivity contribution < 1.29 is 37.9 Å². The van der Waals surface area contributed by atoms with Gasteiger partial charge in [-0.1, -0.05) is 129 Å². The summed E-state index contributed by atoms with van der Waals surface area (Å²) in [6, 6.07) is 0. The van der Waals surface area contributed by atoms with Gasteiger partial charge in [-0.05, 0) is 25.8 Å². The zero-order valence-corrected chi connectivity index (χ0v) is 26.9. The fourth-order valence-corrected chi connectivity index (χ4v) is 5.19. The summed E-state index contributed by atoms with van der Waals surface area (Å²) < 4.78 is 25.9. The van der Waals surface area contributed by atoms with E-state index in [0.717, 1.165) is 51.5 Å². The van der Waals surface area contributed by atoms with Gasteiger partial charge in [-0.15, -0.1) is 0 Å². The third-order valence-electron chi connectivity index (χ3n) is 7.27. The smallest absolute Gasteiger partial charge is 0.468 e. The fraction of sp³-hybridized carbons (Fsp3) is 0.935. The topological polar surface area (TPSA) is 131 Å². The molecule has 0 saturated carbocycles. The van der Waals surface area contributed by atoms with Gasteiger partial charge in [-0.3, -0.25) is 14.1 Å². The monoisotopic (exact) mass is 607 g/mol. The van der Waals surface area contributed by atoms with Gasteiger partial charge in [0.1, 0.15) is 6.10 Å². The number of hydrogen-bond acceptors (Lipinski definition) is 7. The Labute approximate surface area is 250 Å². The lowest BCUT2D eigenvalue weighted by Gasteiger charge is -2.19. The lowest BCUT2D eigenvalue weighted by Crippen LogP contribution is -2.35. The Morgan fingerprint density at radius 2 is 1.20 bits per heavy atom. The van der Waals surface area contributed by atoms with Crippen LogP contribution in [0.5, 0.6) is 0 Å². The van der Waals surface area contributed by atoms with Gasteiger partial charge in [-0.25, -0.2) is 4.57 Å². The van der Waals surface area contributed by atoms with Gasteiger partial charge < -0.3 is 24.6 Å². The van der Waals surface area contributed by atoms with E-state index in [0.29, 0.717) is 26.0 Å². The minimum atomic E-state index is -4.62. The molecule has 0 rings (SSSR count). The van der Waals surface area contributed by atoms with E-state index in [1.165, 1.54) is 96.3 Å². The number of phosphoric ester groups is 1. The highest BCUT2D eigenvalue weighted by molar-refractivity contribution is 7.46. The average Bonchev–Trinajstić information content (AvgIpc) is 2.93. The van der Waals surface area contributed by atoms with Crippen LogP contribution in [0.2, 0.25) is 0 Å². The van der Waals surface area contributed by atoms with E-state index >= 15 is 0 Å². The predicted octanol–water partition coefficient (Wildman–Crippen LogP) is 7.76. The minimum Gasteiger partial charge on any atom is -0.468 e. The lowest BCUT2D eigenvalue weighted by atomic mass is 10.1. The number of nitrogens with one attached hydrogen (secondary N) is 1. The van der Waals surface area contributed by atoms with E-state index < -0.39 is 13.9 Å². The summed E-state index contributed by atoms with van der Waals surface area (Å²) in [4.78, 5) is 40.4. The predicted molar refractivity (Wildman–Crippen MR) is 165 cm³/mol. The second-order valence-electron chi connectivity index (χ2n) is 11.2. The molecule has 0 heterocycles. The van der Waals surface area contributed by atoms with Crippen LogP contribution in [-0.4, -0.2) is 54.6 Å². The molecule has 0 saturated heterocycles. The summed E-state index contributed by atoms with van der Waals surface area (Å²) in [5, 5.41) is 3.24. The standard InChI is InChI=1S/C31H62NO8P/c1-2-3-4-5-6-7-9-12-15-18-21-24-31(34)40-30(28-39-41(35,36)37)27-32-25-22-19-16-13-10-8-11-14-17-20-23-26-38-29-33/h29-30,32H,2-28H2,1H3,(H2,35,36,37)/t30-/m0/s1. The molecule has 0 aliphatic carbocycles. The highest BCUT2D eigenvalue weighted by atomic mass is 31.2. The first-order valence-electron chi connectivity index (χ1n) is 16.5. The Kier molecular flexibility index (Phi) is 29.7. The van der Waals surface area contributed by atoms with E-state index in [1.807, 2.05) is 0 Å². The van der Waals surface area contributed by atoms with Crippen LogP contribution in [0, 0.1) is 0 Å². The molecular weight excluding hydrogens is 545 g/mol. The molecule has 0 amide bonds. The average molecular weight is 608 g/mol. The number of ether oxygens (including phenoxy) is 2. The summed E-state index contributed by atoms with van der Waals surface area (Å²) >= 11 is 0. The van der Waals surface area contributed by atoms with Gasteiger partial charge in [0.2, 0.25) is 0 Å². The van der Waals surface area contributed by atoms with Gasteiger partial charge >= 0.3 is 13.8 Å². The van der Waals surface area contributed by atoms with Crippen LogP contribution in [0.25, 0.3) is 0 Å². The van der Waals surface area contributed by atoms with Crippen molar-refractivity contribution in [3.8, 4) is 0 Å². The van der Waals surface area contributed by atoms with E-state index in [2.05, 4.69) is 21.5 Å². The van der Waals surface area contributed by atoms with Crippen LogP contribution in [-0.2, 0) is 28.2 Å². The number of esters is 1. The van der Waals surface area contributed by atoms with Crippen molar-refractivity contribution in [3.05, 3.63) is 0 Å². The Morgan fingerprint density at radius 3 is 1.68 bits per heavy atom. The highest BCUT2D eigenvalue weighted by Gasteiger charge is 2.21. The molecule has 0 spiro atoms. The number of carbonyl (C=O) groups is 2. The van der Waals surface area contributed by atoms with Crippen molar-refractivity contribution in [1.82, 2.24) is 5.32 Å². The van der Waals surface area contributed by atoms with Gasteiger partial charge in [-0.2, -0.15) is 0 Å². The third-order valence-corrected chi connectivity index (χ3v) is 7.75. The van der Waals surface area contributed by atoms with Crippen LogP contribution >= 0.6 is 7.82 Å². The molecule has 0 unspecified atom stereocenters. The van der Waals surface area contributed by atoms with E-state index in [1.54, 1.807) is 0 Å². The van der Waals surface area contributed by atoms with Gasteiger partial charge in [0, 0.05) is 13.0 Å². The van der Waals surface area contributed by atoms with Crippen molar-refractivity contribution in [2.45, 2.75) is 161 Å². The van der Waals surface area contributed by atoms with E-state index in [4.69, 9.17) is 14.5 Å². The molecule has 0 aromatic heterocycles. The molecule has 244 valence electrons. The van der Waals surface area contributed by atoms with E-state index in [9.17, 15) is 14.2 Å². The number of rotatable bonds is 33. The molecule has 3 N–H and O–H groups in total.